The Morgan fingerprint density at radius 3 is 2.91 bits per heavy atom. The van der Waals surface area contributed by atoms with E-state index in [9.17, 15) is 4.79 Å². The third-order valence-electron chi connectivity index (χ3n) is 0.778. The highest BCUT2D eigenvalue weighted by Crippen LogP contribution is 2.00. The molecule has 0 radical (unpaired) electrons. The first-order valence-electron chi connectivity index (χ1n) is 3.07. The van der Waals surface area contributed by atoms with Crippen LogP contribution in [-0.4, -0.2) is 5.97 Å². The van der Waals surface area contributed by atoms with Gasteiger partial charge in [-0.15, -0.1) is 5.73 Å². The second kappa shape index (κ2) is 5.78. The summed E-state index contributed by atoms with van der Waals surface area (Å²) in [5, 5.41) is -0.108. The molecule has 0 aromatic rings. The molecule has 3 heteroatoms. The van der Waals surface area contributed by atoms with Gasteiger partial charge in [0.05, 0.1) is 6.42 Å². The summed E-state index contributed by atoms with van der Waals surface area (Å²) in [6, 6.07) is 0. The molecule has 0 amide bonds. The fourth-order valence-corrected chi connectivity index (χ4v) is 0.511. The fourth-order valence-electron chi connectivity index (χ4n) is 0.425. The average molecular weight is 173 g/mol. The predicted molar refractivity (Wildman–Crippen MR) is 44.0 cm³/mol. The van der Waals surface area contributed by atoms with Crippen LogP contribution >= 0.6 is 11.6 Å². The summed E-state index contributed by atoms with van der Waals surface area (Å²) >= 11 is 5.21. The summed E-state index contributed by atoms with van der Waals surface area (Å²) in [6.45, 7) is 5.01. The number of carbonyl (C=O) groups excluding carboxylic acids is 1. The maximum atomic E-state index is 10.7. The van der Waals surface area contributed by atoms with Crippen molar-refractivity contribution in [1.29, 1.82) is 0 Å². The van der Waals surface area contributed by atoms with Crippen molar-refractivity contribution in [3.8, 4) is 0 Å². The predicted octanol–water partition coefficient (Wildman–Crippen LogP) is 2.36. The van der Waals surface area contributed by atoms with Gasteiger partial charge in [-0.1, -0.05) is 0 Å². The van der Waals surface area contributed by atoms with E-state index in [4.69, 9.17) is 11.6 Å². The minimum Gasteiger partial charge on any atom is -0.414 e. The smallest absolute Gasteiger partial charge is 0.316 e. The van der Waals surface area contributed by atoms with E-state index in [1.165, 1.54) is 0 Å². The molecular weight excluding hydrogens is 164 g/mol. The lowest BCUT2D eigenvalue weighted by molar-refractivity contribution is -0.137. The van der Waals surface area contributed by atoms with Crippen LogP contribution in [0.1, 0.15) is 13.3 Å². The zero-order valence-corrected chi connectivity index (χ0v) is 7.02. The Bertz CT molecular complexity index is 212. The summed E-state index contributed by atoms with van der Waals surface area (Å²) in [6.07, 6.45) is 3.42. The first kappa shape index (κ1) is 10.0. The van der Waals surface area contributed by atoms with Crippen LogP contribution in [0.2, 0.25) is 0 Å². The van der Waals surface area contributed by atoms with Crippen molar-refractivity contribution < 1.29 is 9.53 Å². The van der Waals surface area contributed by atoms with Gasteiger partial charge in [-0.05, 0) is 37.3 Å². The van der Waals surface area contributed by atoms with Crippen LogP contribution in [0.25, 0.3) is 0 Å². The first-order valence-corrected chi connectivity index (χ1v) is 3.45. The van der Waals surface area contributed by atoms with Crippen LogP contribution in [0, 0.1) is 0 Å². The Morgan fingerprint density at radius 2 is 2.45 bits per heavy atom. The van der Waals surface area contributed by atoms with Crippen molar-refractivity contribution in [2.24, 2.45) is 0 Å². The van der Waals surface area contributed by atoms with E-state index in [0.717, 1.165) is 0 Å². The van der Waals surface area contributed by atoms with Crippen LogP contribution in [0.4, 0.5) is 0 Å². The highest BCUT2D eigenvalue weighted by molar-refractivity contribution is 6.28. The molecule has 60 valence electrons. The van der Waals surface area contributed by atoms with E-state index >= 15 is 0 Å². The Balaban J connectivity index is 3.71. The molecular formula is C8H9ClO2. The van der Waals surface area contributed by atoms with E-state index in [0.29, 0.717) is 0 Å². The van der Waals surface area contributed by atoms with Crippen molar-refractivity contribution in [2.75, 3.05) is 0 Å². The van der Waals surface area contributed by atoms with E-state index in [1.54, 1.807) is 12.2 Å². The number of rotatable bonds is 3. The second-order valence-electron chi connectivity index (χ2n) is 1.69. The quantitative estimate of drug-likeness (QED) is 0.371. The lowest BCUT2D eigenvalue weighted by atomic mass is 10.4. The van der Waals surface area contributed by atoms with E-state index in [-0.39, 0.29) is 11.6 Å². The molecule has 0 bridgehead atoms. The van der Waals surface area contributed by atoms with Crippen molar-refractivity contribution >= 4 is 17.6 Å². The van der Waals surface area contributed by atoms with Crippen molar-refractivity contribution in [2.45, 2.75) is 13.3 Å². The van der Waals surface area contributed by atoms with Crippen LogP contribution in [-0.2, 0) is 9.53 Å². The lowest BCUT2D eigenvalue weighted by Gasteiger charge is -1.95. The van der Waals surface area contributed by atoms with Gasteiger partial charge in [0.2, 0.25) is 0 Å². The van der Waals surface area contributed by atoms with Gasteiger partial charge in [-0.2, -0.15) is 0 Å². The summed E-state index contributed by atoms with van der Waals surface area (Å²) in [7, 11) is 0. The molecule has 0 aliphatic carbocycles. The second-order valence-corrected chi connectivity index (χ2v) is 2.11. The Morgan fingerprint density at radius 1 is 1.82 bits per heavy atom. The van der Waals surface area contributed by atoms with Gasteiger partial charge in [-0.3, -0.25) is 4.79 Å². The summed E-state index contributed by atoms with van der Waals surface area (Å²) in [5.41, 5.74) is 2.73. The molecule has 0 aliphatic heterocycles. The molecule has 0 atom stereocenters. The van der Waals surface area contributed by atoms with Crippen molar-refractivity contribution in [3.05, 3.63) is 29.7 Å². The van der Waals surface area contributed by atoms with Gasteiger partial charge in [0, 0.05) is 0 Å². The number of halogens is 1. The van der Waals surface area contributed by atoms with Crippen LogP contribution in [0.3, 0.4) is 0 Å². The molecule has 0 unspecified atom stereocenters. The first-order chi connectivity index (χ1) is 5.16. The average Bonchev–Trinajstić information content (AvgIpc) is 1.86. The minimum absolute atomic E-state index is 0.108. The van der Waals surface area contributed by atoms with Crippen LogP contribution < -0.4 is 0 Å². The molecule has 11 heavy (non-hydrogen) atoms. The van der Waals surface area contributed by atoms with Gasteiger partial charge >= 0.3 is 5.97 Å². The van der Waals surface area contributed by atoms with E-state index < -0.39 is 5.97 Å². The number of hydrogen-bond acceptors (Lipinski definition) is 2. The third-order valence-corrected chi connectivity index (χ3v) is 0.855. The van der Waals surface area contributed by atoms with Crippen LogP contribution in [0.5, 0.6) is 0 Å². The summed E-state index contributed by atoms with van der Waals surface area (Å²) in [4.78, 5) is 10.7. The summed E-state index contributed by atoms with van der Waals surface area (Å²) < 4.78 is 4.44. The van der Waals surface area contributed by atoms with Gasteiger partial charge < -0.3 is 4.74 Å². The molecule has 0 aliphatic rings. The molecule has 2 nitrogen and oxygen atoms in total. The Kier molecular flexibility index (Phi) is 5.26. The topological polar surface area (TPSA) is 26.3 Å². The molecule has 0 heterocycles. The van der Waals surface area contributed by atoms with Gasteiger partial charge in [0.25, 0.3) is 0 Å². The Labute approximate surface area is 70.8 Å². The molecule has 0 spiro atoms. The van der Waals surface area contributed by atoms with E-state index in [2.05, 4.69) is 17.0 Å². The molecule has 0 aromatic heterocycles. The van der Waals surface area contributed by atoms with Gasteiger partial charge in [0.1, 0.15) is 0 Å². The molecule has 0 N–H and O–H groups in total. The maximum Gasteiger partial charge on any atom is 0.316 e. The number of ether oxygens (including phenoxy) is 1. The van der Waals surface area contributed by atoms with Gasteiger partial charge in [-0.25, -0.2) is 0 Å². The molecule has 0 fully saturated rings. The fraction of sp³-hybridized carbons (Fsp3) is 0.250. The Hall–Kier alpha value is -0.980. The SMILES string of the molecule is C=C(Cl)OC(=O)CC=C=CC. The summed E-state index contributed by atoms with van der Waals surface area (Å²) in [5.74, 6) is -0.431. The maximum absolute atomic E-state index is 10.7. The van der Waals surface area contributed by atoms with Crippen molar-refractivity contribution in [3.63, 3.8) is 0 Å². The van der Waals surface area contributed by atoms with E-state index in [1.807, 2.05) is 6.92 Å². The third kappa shape index (κ3) is 6.91. The minimum atomic E-state index is -0.431. The number of hydrogen-bond donors (Lipinski definition) is 0. The highest BCUT2D eigenvalue weighted by atomic mass is 35.5. The molecule has 0 rings (SSSR count). The highest BCUT2D eigenvalue weighted by Gasteiger charge is 1.99. The normalized spacial score (nSPS) is 7.82. The molecule has 0 aromatic carbocycles. The number of carbonyl (C=O) groups is 1. The largest absolute Gasteiger partial charge is 0.414 e. The standard InChI is InChI=1S/C8H9ClO2/c1-3-4-5-6-8(10)11-7(2)9/h3,5H,2,6H2,1H3. The zero-order valence-electron chi connectivity index (χ0n) is 6.26. The lowest BCUT2D eigenvalue weighted by Crippen LogP contribution is -1.98. The number of esters is 1. The van der Waals surface area contributed by atoms with Crippen LogP contribution in [0.15, 0.2) is 29.7 Å². The monoisotopic (exact) mass is 172 g/mol. The van der Waals surface area contributed by atoms with Crippen molar-refractivity contribution in [1.82, 2.24) is 0 Å². The zero-order chi connectivity index (χ0) is 8.69. The molecule has 0 saturated heterocycles. The molecule has 0 saturated carbocycles. The van der Waals surface area contributed by atoms with Gasteiger partial charge in [0.15, 0.2) is 5.22 Å².